The quantitative estimate of drug-likeness (QED) is 0.565. The van der Waals surface area contributed by atoms with Crippen LogP contribution in [0.2, 0.25) is 0 Å². The van der Waals surface area contributed by atoms with Gasteiger partial charge in [-0.3, -0.25) is 14.6 Å². The van der Waals surface area contributed by atoms with Crippen molar-refractivity contribution in [2.24, 2.45) is 17.9 Å². The molecule has 172 valence electrons. The Morgan fingerprint density at radius 2 is 1.88 bits per heavy atom. The number of carbonyl (C=O) groups is 1. The van der Waals surface area contributed by atoms with Gasteiger partial charge in [-0.05, 0) is 49.0 Å². The molecule has 0 aliphatic heterocycles. The molecule has 1 aromatic carbocycles. The van der Waals surface area contributed by atoms with Gasteiger partial charge in [0, 0.05) is 49.7 Å². The Morgan fingerprint density at radius 3 is 2.45 bits per heavy atom. The lowest BCUT2D eigenvalue weighted by molar-refractivity contribution is -0.140. The Labute approximate surface area is 191 Å². The highest BCUT2D eigenvalue weighted by molar-refractivity contribution is 5.95. The van der Waals surface area contributed by atoms with Crippen molar-refractivity contribution in [3.63, 3.8) is 0 Å². The second kappa shape index (κ2) is 7.31. The van der Waals surface area contributed by atoms with Gasteiger partial charge in [0.15, 0.2) is 0 Å². The molecule has 2 fully saturated rings. The lowest BCUT2D eigenvalue weighted by Crippen LogP contribution is -2.23. The van der Waals surface area contributed by atoms with Crippen molar-refractivity contribution in [3.05, 3.63) is 52.7 Å². The van der Waals surface area contributed by atoms with Gasteiger partial charge in [0.1, 0.15) is 11.5 Å². The minimum atomic E-state index is -0.671. The van der Waals surface area contributed by atoms with Crippen molar-refractivity contribution in [1.82, 2.24) is 14.5 Å². The molecule has 0 bridgehead atoms. The van der Waals surface area contributed by atoms with Crippen LogP contribution in [0.15, 0.2) is 41.6 Å². The summed E-state index contributed by atoms with van der Waals surface area (Å²) in [7, 11) is 6.97. The summed E-state index contributed by atoms with van der Waals surface area (Å²) < 4.78 is 13.1. The molecule has 0 radical (unpaired) electrons. The zero-order chi connectivity index (χ0) is 23.5. The number of aromatic nitrogens is 2. The minimum Gasteiger partial charge on any atom is -0.496 e. The first-order chi connectivity index (χ1) is 15.7. The van der Waals surface area contributed by atoms with Crippen molar-refractivity contribution in [1.29, 1.82) is 0 Å². The molecule has 3 aromatic rings. The van der Waals surface area contributed by atoms with E-state index in [1.165, 1.54) is 0 Å². The smallest absolute Gasteiger partial charge is 0.310 e. The van der Waals surface area contributed by atoms with E-state index in [1.54, 1.807) is 38.2 Å². The fraction of sp³-hybridized carbons (Fsp3) is 0.400. The minimum absolute atomic E-state index is 0.0736. The number of methoxy groups -OCH3 is 2. The van der Waals surface area contributed by atoms with Crippen molar-refractivity contribution < 1.29 is 19.4 Å². The molecule has 8 nitrogen and oxygen atoms in total. The molecule has 2 heterocycles. The fourth-order valence-electron chi connectivity index (χ4n) is 5.34. The molecule has 8 heteroatoms. The zero-order valence-electron chi connectivity index (χ0n) is 19.2. The van der Waals surface area contributed by atoms with Gasteiger partial charge < -0.3 is 24.0 Å². The number of rotatable bonds is 8. The summed E-state index contributed by atoms with van der Waals surface area (Å²) in [6.45, 7) is 1.30. The van der Waals surface area contributed by atoms with Gasteiger partial charge in [0.25, 0.3) is 5.56 Å². The highest BCUT2D eigenvalue weighted by atomic mass is 16.5. The van der Waals surface area contributed by atoms with E-state index in [2.05, 4.69) is 9.88 Å². The number of carboxylic acid groups (broad SMARTS) is 1. The third-order valence-electron chi connectivity index (χ3n) is 7.36. The van der Waals surface area contributed by atoms with E-state index in [9.17, 15) is 14.7 Å². The summed E-state index contributed by atoms with van der Waals surface area (Å²) >= 11 is 0. The third kappa shape index (κ3) is 3.20. The number of ether oxygens (including phenoxy) is 2. The largest absolute Gasteiger partial charge is 0.496 e. The molecule has 1 N–H and O–H groups in total. The van der Waals surface area contributed by atoms with Crippen LogP contribution in [0.1, 0.15) is 18.4 Å². The van der Waals surface area contributed by atoms with Crippen LogP contribution < -0.4 is 15.0 Å². The van der Waals surface area contributed by atoms with Gasteiger partial charge in [0.2, 0.25) is 0 Å². The van der Waals surface area contributed by atoms with E-state index in [1.807, 2.05) is 31.4 Å². The molecule has 2 saturated carbocycles. The predicted octanol–water partition coefficient (Wildman–Crippen LogP) is 2.91. The van der Waals surface area contributed by atoms with Crippen LogP contribution >= 0.6 is 0 Å². The maximum Gasteiger partial charge on any atom is 0.310 e. The Bertz CT molecular complexity index is 1310. The van der Waals surface area contributed by atoms with Crippen LogP contribution in [0.5, 0.6) is 11.5 Å². The molecule has 2 aromatic heterocycles. The summed E-state index contributed by atoms with van der Waals surface area (Å²) in [4.78, 5) is 30.3. The Kier molecular flexibility index (Phi) is 4.75. The van der Waals surface area contributed by atoms with Gasteiger partial charge in [0.05, 0.1) is 30.6 Å². The summed E-state index contributed by atoms with van der Waals surface area (Å²) in [5.74, 6) is 0.691. The van der Waals surface area contributed by atoms with E-state index in [4.69, 9.17) is 9.47 Å². The zero-order valence-corrected chi connectivity index (χ0v) is 19.2. The molecule has 5 rings (SSSR count). The highest BCUT2D eigenvalue weighted by Crippen LogP contribution is 2.86. The summed E-state index contributed by atoms with van der Waals surface area (Å²) in [5.41, 5.74) is 1.99. The first-order valence-electron chi connectivity index (χ1n) is 10.9. The molecular weight excluding hydrogens is 422 g/mol. The highest BCUT2D eigenvalue weighted by Gasteiger charge is 2.87. The topological polar surface area (TPSA) is 93.9 Å². The number of hydrogen-bond acceptors (Lipinski definition) is 6. The van der Waals surface area contributed by atoms with E-state index < -0.39 is 11.4 Å². The summed E-state index contributed by atoms with van der Waals surface area (Å²) in [6, 6.07) is 5.75. The number of fused-ring (bicyclic) bond motifs is 2. The fourth-order valence-corrected chi connectivity index (χ4v) is 5.34. The van der Waals surface area contributed by atoms with Gasteiger partial charge in [-0.15, -0.1) is 0 Å². The van der Waals surface area contributed by atoms with Gasteiger partial charge in [-0.1, -0.05) is 0 Å². The van der Waals surface area contributed by atoms with Gasteiger partial charge in [-0.2, -0.15) is 0 Å². The second-order valence-corrected chi connectivity index (χ2v) is 9.43. The maximum absolute atomic E-state index is 12.6. The average molecular weight is 450 g/mol. The first-order valence-corrected chi connectivity index (χ1v) is 10.9. The molecule has 2 aliphatic carbocycles. The van der Waals surface area contributed by atoms with Crippen molar-refractivity contribution in [2.75, 3.05) is 27.8 Å². The van der Waals surface area contributed by atoms with Gasteiger partial charge >= 0.3 is 5.97 Å². The molecule has 33 heavy (non-hydrogen) atoms. The van der Waals surface area contributed by atoms with Crippen molar-refractivity contribution in [2.45, 2.75) is 19.4 Å². The molecule has 0 saturated heterocycles. The maximum atomic E-state index is 12.6. The monoisotopic (exact) mass is 449 g/mol. The van der Waals surface area contributed by atoms with Crippen LogP contribution in [-0.2, 0) is 18.4 Å². The predicted molar refractivity (Wildman–Crippen MR) is 124 cm³/mol. The van der Waals surface area contributed by atoms with Crippen LogP contribution in [0.25, 0.3) is 21.9 Å². The number of pyridine rings is 2. The average Bonchev–Trinajstić information content (AvgIpc) is 3.63. The van der Waals surface area contributed by atoms with Crippen LogP contribution in [0.4, 0.5) is 0 Å². The Hall–Kier alpha value is -3.39. The third-order valence-corrected chi connectivity index (χ3v) is 7.36. The lowest BCUT2D eigenvalue weighted by Gasteiger charge is -2.22. The standard InChI is InChI=1S/C25H27N3O5/c1-27(14-24-12-25(24,13-24)23(30)31)10-19-20(32-3)7-15(8-21(19)33-4)18-11-28(2)22(29)17-9-26-6-5-16(17)18/h5-9,11H,10,12-14H2,1-4H3,(H,30,31). The SMILES string of the molecule is COc1cc(-c2cn(C)c(=O)c3cnccc23)cc(OC)c1CN(C)CC12CC1(C(=O)O)C2. The van der Waals surface area contributed by atoms with E-state index in [-0.39, 0.29) is 11.0 Å². The molecule has 0 spiro atoms. The number of carboxylic acids is 1. The molecule has 2 aliphatic rings. The van der Waals surface area contributed by atoms with E-state index in [0.29, 0.717) is 23.4 Å². The van der Waals surface area contributed by atoms with Crippen molar-refractivity contribution >= 4 is 16.7 Å². The van der Waals surface area contributed by atoms with Crippen molar-refractivity contribution in [3.8, 4) is 22.6 Å². The molecule has 0 atom stereocenters. The lowest BCUT2D eigenvalue weighted by atomic mass is 9.99. The molecule has 0 amide bonds. The van der Waals surface area contributed by atoms with Crippen LogP contribution in [0, 0.1) is 10.8 Å². The van der Waals surface area contributed by atoms with Crippen LogP contribution in [-0.4, -0.2) is 53.3 Å². The summed E-state index contributed by atoms with van der Waals surface area (Å²) in [5, 5.41) is 10.8. The molecule has 0 unspecified atom stereocenters. The van der Waals surface area contributed by atoms with E-state index in [0.717, 1.165) is 41.5 Å². The Morgan fingerprint density at radius 1 is 1.21 bits per heavy atom. The molecular formula is C25H27N3O5. The number of aliphatic carboxylic acids is 1. The number of aryl methyl sites for hydroxylation is 1. The summed E-state index contributed by atoms with van der Waals surface area (Å²) in [6.07, 6.45) is 6.61. The Balaban J connectivity index is 1.50. The normalized spacial score (nSPS) is 22.8. The first kappa shape index (κ1) is 21.5. The number of nitrogens with zero attached hydrogens (tertiary/aromatic N) is 3. The number of benzene rings is 1. The van der Waals surface area contributed by atoms with Crippen LogP contribution in [0.3, 0.4) is 0 Å². The van der Waals surface area contributed by atoms with Gasteiger partial charge in [-0.25, -0.2) is 0 Å². The van der Waals surface area contributed by atoms with E-state index >= 15 is 0 Å². The number of hydrogen-bond donors (Lipinski definition) is 1. The second-order valence-electron chi connectivity index (χ2n) is 9.43.